The molecule has 2 aliphatic heterocycles. The van der Waals surface area contributed by atoms with Gasteiger partial charge in [-0.1, -0.05) is 13.0 Å². The number of carbonyl (C=O) groups is 2. The van der Waals surface area contributed by atoms with E-state index < -0.39 is 0 Å². The average molecular weight is 286 g/mol. The van der Waals surface area contributed by atoms with Crippen molar-refractivity contribution in [3.8, 4) is 0 Å². The fourth-order valence-electron chi connectivity index (χ4n) is 3.42. The van der Waals surface area contributed by atoms with Gasteiger partial charge in [0.15, 0.2) is 0 Å². The van der Waals surface area contributed by atoms with Gasteiger partial charge >= 0.3 is 0 Å². The molecule has 4 nitrogen and oxygen atoms in total. The Labute approximate surface area is 125 Å². The Morgan fingerprint density at radius 3 is 2.86 bits per heavy atom. The summed E-state index contributed by atoms with van der Waals surface area (Å²) in [4.78, 5) is 28.3. The number of benzene rings is 1. The first-order valence-corrected chi connectivity index (χ1v) is 7.92. The van der Waals surface area contributed by atoms with E-state index in [0.717, 1.165) is 44.5 Å². The molecule has 0 N–H and O–H groups in total. The first-order valence-electron chi connectivity index (χ1n) is 7.92. The van der Waals surface area contributed by atoms with Crippen LogP contribution in [0.5, 0.6) is 0 Å². The van der Waals surface area contributed by atoms with Gasteiger partial charge in [-0.05, 0) is 43.9 Å². The van der Waals surface area contributed by atoms with E-state index in [4.69, 9.17) is 0 Å². The van der Waals surface area contributed by atoms with Gasteiger partial charge in [-0.25, -0.2) is 0 Å². The minimum absolute atomic E-state index is 0.104. The fraction of sp³-hybridized carbons (Fsp3) is 0.529. The zero-order valence-electron chi connectivity index (χ0n) is 12.5. The van der Waals surface area contributed by atoms with Crippen LogP contribution in [0.4, 0.5) is 5.69 Å². The highest BCUT2D eigenvalue weighted by Gasteiger charge is 2.29. The van der Waals surface area contributed by atoms with Crippen molar-refractivity contribution in [1.29, 1.82) is 0 Å². The van der Waals surface area contributed by atoms with Crippen molar-refractivity contribution in [2.24, 2.45) is 0 Å². The van der Waals surface area contributed by atoms with Gasteiger partial charge in [-0.3, -0.25) is 9.59 Å². The Bertz CT molecular complexity index is 555. The van der Waals surface area contributed by atoms with Crippen LogP contribution in [0.3, 0.4) is 0 Å². The van der Waals surface area contributed by atoms with E-state index in [1.165, 1.54) is 0 Å². The Hall–Kier alpha value is -1.84. The van der Waals surface area contributed by atoms with Crippen LogP contribution < -0.4 is 4.90 Å². The highest BCUT2D eigenvalue weighted by Crippen LogP contribution is 2.26. The Balaban J connectivity index is 1.82. The fourth-order valence-corrected chi connectivity index (χ4v) is 3.42. The number of carbonyl (C=O) groups excluding carboxylic acids is 2. The quantitative estimate of drug-likeness (QED) is 0.857. The lowest BCUT2D eigenvalue weighted by Crippen LogP contribution is -2.35. The van der Waals surface area contributed by atoms with E-state index in [0.29, 0.717) is 18.0 Å². The molecule has 21 heavy (non-hydrogen) atoms. The third kappa shape index (κ3) is 2.67. The Morgan fingerprint density at radius 2 is 2.14 bits per heavy atom. The largest absolute Gasteiger partial charge is 0.336 e. The van der Waals surface area contributed by atoms with Crippen molar-refractivity contribution in [3.63, 3.8) is 0 Å². The molecule has 1 atom stereocenters. The molecular formula is C17H22N2O2. The number of hydrogen-bond acceptors (Lipinski definition) is 2. The lowest BCUT2D eigenvalue weighted by Gasteiger charge is -2.24. The molecule has 0 saturated carbocycles. The zero-order chi connectivity index (χ0) is 14.8. The van der Waals surface area contributed by atoms with Gasteiger partial charge in [-0.15, -0.1) is 0 Å². The van der Waals surface area contributed by atoms with E-state index in [-0.39, 0.29) is 11.8 Å². The molecule has 1 unspecified atom stereocenters. The Kier molecular flexibility index (Phi) is 3.95. The second-order valence-electron chi connectivity index (χ2n) is 5.90. The van der Waals surface area contributed by atoms with Gasteiger partial charge in [-0.2, -0.15) is 0 Å². The van der Waals surface area contributed by atoms with E-state index in [1.807, 2.05) is 29.2 Å². The third-order valence-corrected chi connectivity index (χ3v) is 4.59. The van der Waals surface area contributed by atoms with E-state index >= 15 is 0 Å². The van der Waals surface area contributed by atoms with Crippen molar-refractivity contribution >= 4 is 17.5 Å². The van der Waals surface area contributed by atoms with Crippen LogP contribution in [0, 0.1) is 0 Å². The summed E-state index contributed by atoms with van der Waals surface area (Å²) in [6, 6.07) is 7.90. The average Bonchev–Trinajstić information content (AvgIpc) is 3.15. The lowest BCUT2D eigenvalue weighted by molar-refractivity contribution is -0.117. The number of rotatable bonds is 3. The summed E-state index contributed by atoms with van der Waals surface area (Å²) in [6.07, 6.45) is 4.72. The topological polar surface area (TPSA) is 40.6 Å². The summed E-state index contributed by atoms with van der Waals surface area (Å²) in [5.41, 5.74) is 1.56. The van der Waals surface area contributed by atoms with Crippen LogP contribution in [0.2, 0.25) is 0 Å². The molecule has 3 rings (SSSR count). The Morgan fingerprint density at radius 1 is 1.29 bits per heavy atom. The predicted molar refractivity (Wildman–Crippen MR) is 82.4 cm³/mol. The summed E-state index contributed by atoms with van der Waals surface area (Å²) < 4.78 is 0. The molecule has 2 amide bonds. The number of amides is 2. The second-order valence-corrected chi connectivity index (χ2v) is 5.90. The monoisotopic (exact) mass is 286 g/mol. The van der Waals surface area contributed by atoms with Gasteiger partial charge in [0.2, 0.25) is 5.91 Å². The standard InChI is InChI=1S/C17H22N2O2/c1-2-14-8-4-11-19(14)17(21)13-6-3-7-15(12-13)18-10-5-9-16(18)20/h3,6-7,12,14H,2,4-5,8-11H2,1H3. The molecule has 112 valence electrons. The van der Waals surface area contributed by atoms with Crippen LogP contribution in [0.15, 0.2) is 24.3 Å². The maximum Gasteiger partial charge on any atom is 0.254 e. The molecule has 1 aromatic rings. The molecule has 2 saturated heterocycles. The molecule has 0 radical (unpaired) electrons. The van der Waals surface area contributed by atoms with Crippen molar-refractivity contribution in [1.82, 2.24) is 4.90 Å². The second kappa shape index (κ2) is 5.88. The first kappa shape index (κ1) is 14.1. The van der Waals surface area contributed by atoms with Crippen molar-refractivity contribution in [2.45, 2.75) is 45.1 Å². The summed E-state index contributed by atoms with van der Waals surface area (Å²) in [6.45, 7) is 3.75. The lowest BCUT2D eigenvalue weighted by atomic mass is 10.1. The normalized spacial score (nSPS) is 22.1. The maximum absolute atomic E-state index is 12.7. The van der Waals surface area contributed by atoms with Crippen molar-refractivity contribution < 1.29 is 9.59 Å². The van der Waals surface area contributed by atoms with E-state index in [2.05, 4.69) is 6.92 Å². The first-order chi connectivity index (χ1) is 10.2. The van der Waals surface area contributed by atoms with E-state index in [1.54, 1.807) is 4.90 Å². The van der Waals surface area contributed by atoms with Gasteiger partial charge in [0.1, 0.15) is 0 Å². The molecular weight excluding hydrogens is 264 g/mol. The van der Waals surface area contributed by atoms with Crippen molar-refractivity contribution in [3.05, 3.63) is 29.8 Å². The predicted octanol–water partition coefficient (Wildman–Crippen LogP) is 2.83. The van der Waals surface area contributed by atoms with Crippen molar-refractivity contribution in [2.75, 3.05) is 18.0 Å². The molecule has 2 fully saturated rings. The molecule has 1 aromatic carbocycles. The van der Waals surface area contributed by atoms with Gasteiger partial charge in [0.05, 0.1) is 0 Å². The molecule has 0 bridgehead atoms. The minimum atomic E-state index is 0.104. The molecule has 2 heterocycles. The zero-order valence-corrected chi connectivity index (χ0v) is 12.5. The van der Waals surface area contributed by atoms with Gasteiger partial charge in [0, 0.05) is 36.8 Å². The van der Waals surface area contributed by atoms with Gasteiger partial charge in [0.25, 0.3) is 5.91 Å². The van der Waals surface area contributed by atoms with Crippen LogP contribution in [-0.4, -0.2) is 35.8 Å². The highest BCUT2D eigenvalue weighted by molar-refractivity contribution is 5.99. The number of anilines is 1. The molecule has 0 spiro atoms. The molecule has 2 aliphatic rings. The highest BCUT2D eigenvalue weighted by atomic mass is 16.2. The van der Waals surface area contributed by atoms with Crippen LogP contribution in [-0.2, 0) is 4.79 Å². The summed E-state index contributed by atoms with van der Waals surface area (Å²) >= 11 is 0. The van der Waals surface area contributed by atoms with Gasteiger partial charge < -0.3 is 9.80 Å². The summed E-state index contributed by atoms with van der Waals surface area (Å²) in [7, 11) is 0. The molecule has 4 heteroatoms. The number of likely N-dealkylation sites (tertiary alicyclic amines) is 1. The summed E-state index contributed by atoms with van der Waals surface area (Å²) in [5, 5.41) is 0. The third-order valence-electron chi connectivity index (χ3n) is 4.59. The maximum atomic E-state index is 12.7. The number of hydrogen-bond donors (Lipinski definition) is 0. The van der Waals surface area contributed by atoms with E-state index in [9.17, 15) is 9.59 Å². The molecule has 0 aromatic heterocycles. The SMILES string of the molecule is CCC1CCCN1C(=O)c1cccc(N2CCCC2=O)c1. The minimum Gasteiger partial charge on any atom is -0.336 e. The smallest absolute Gasteiger partial charge is 0.254 e. The number of nitrogens with zero attached hydrogens (tertiary/aromatic N) is 2. The summed E-state index contributed by atoms with van der Waals surface area (Å²) in [5.74, 6) is 0.264. The van der Waals surface area contributed by atoms with Crippen LogP contribution in [0.1, 0.15) is 49.4 Å². The van der Waals surface area contributed by atoms with Crippen LogP contribution in [0.25, 0.3) is 0 Å². The van der Waals surface area contributed by atoms with Crippen LogP contribution >= 0.6 is 0 Å². The molecule has 0 aliphatic carbocycles.